The van der Waals surface area contributed by atoms with E-state index in [2.05, 4.69) is 27.2 Å². The first kappa shape index (κ1) is 11.0. The molecular formula is C11H14N4S. The van der Waals surface area contributed by atoms with Crippen LogP contribution in [-0.2, 0) is 6.42 Å². The van der Waals surface area contributed by atoms with Crippen molar-refractivity contribution in [3.63, 3.8) is 0 Å². The average Bonchev–Trinajstić information content (AvgIpc) is 2.82. The van der Waals surface area contributed by atoms with Gasteiger partial charge in [-0.25, -0.2) is 15.0 Å². The van der Waals surface area contributed by atoms with Crippen molar-refractivity contribution in [2.45, 2.75) is 19.8 Å². The molecule has 4 nitrogen and oxygen atoms in total. The number of anilines is 1. The molecule has 0 aliphatic rings. The molecule has 0 saturated heterocycles. The summed E-state index contributed by atoms with van der Waals surface area (Å²) < 4.78 is 0. The van der Waals surface area contributed by atoms with Gasteiger partial charge < -0.3 is 5.32 Å². The van der Waals surface area contributed by atoms with Crippen LogP contribution < -0.4 is 5.32 Å². The molecule has 0 radical (unpaired) electrons. The number of rotatable bonds is 4. The molecule has 0 bridgehead atoms. The monoisotopic (exact) mass is 234 g/mol. The lowest BCUT2D eigenvalue weighted by molar-refractivity contribution is 0.875. The van der Waals surface area contributed by atoms with Crippen LogP contribution >= 0.6 is 11.3 Å². The lowest BCUT2D eigenvalue weighted by atomic mass is 10.2. The maximum Gasteiger partial charge on any atom is 0.181 e. The molecule has 0 aliphatic heterocycles. The standard InChI is InChI=1S/C11H14N4S/c1-3-4-8-5-10(12-2)15-11(14-8)9-6-16-7-13-9/h5-7H,3-4H2,1-2H3,(H,12,14,15). The molecule has 2 aromatic heterocycles. The minimum absolute atomic E-state index is 0.705. The van der Waals surface area contributed by atoms with Crippen molar-refractivity contribution in [1.82, 2.24) is 15.0 Å². The number of nitrogens with one attached hydrogen (secondary N) is 1. The second kappa shape index (κ2) is 5.03. The van der Waals surface area contributed by atoms with E-state index in [1.165, 1.54) is 0 Å². The van der Waals surface area contributed by atoms with Gasteiger partial charge in [0.05, 0.1) is 5.51 Å². The molecule has 0 unspecified atom stereocenters. The maximum absolute atomic E-state index is 4.51. The molecule has 5 heteroatoms. The van der Waals surface area contributed by atoms with E-state index in [9.17, 15) is 0 Å². The first-order chi connectivity index (χ1) is 7.83. The first-order valence-electron chi connectivity index (χ1n) is 5.27. The van der Waals surface area contributed by atoms with Gasteiger partial charge >= 0.3 is 0 Å². The zero-order valence-electron chi connectivity index (χ0n) is 9.40. The van der Waals surface area contributed by atoms with Gasteiger partial charge in [-0.3, -0.25) is 0 Å². The number of hydrogen-bond donors (Lipinski definition) is 1. The van der Waals surface area contributed by atoms with Gasteiger partial charge in [-0.1, -0.05) is 13.3 Å². The van der Waals surface area contributed by atoms with Gasteiger partial charge in [0.25, 0.3) is 0 Å². The van der Waals surface area contributed by atoms with Gasteiger partial charge in [-0.2, -0.15) is 0 Å². The fourth-order valence-corrected chi connectivity index (χ4v) is 1.98. The molecule has 0 fully saturated rings. The highest BCUT2D eigenvalue weighted by Gasteiger charge is 2.07. The van der Waals surface area contributed by atoms with E-state index >= 15 is 0 Å². The molecule has 16 heavy (non-hydrogen) atoms. The maximum atomic E-state index is 4.51. The minimum Gasteiger partial charge on any atom is -0.373 e. The van der Waals surface area contributed by atoms with Crippen molar-refractivity contribution >= 4 is 17.2 Å². The van der Waals surface area contributed by atoms with Gasteiger partial charge in [-0.15, -0.1) is 11.3 Å². The first-order valence-corrected chi connectivity index (χ1v) is 6.22. The molecule has 84 valence electrons. The largest absolute Gasteiger partial charge is 0.373 e. The van der Waals surface area contributed by atoms with Crippen molar-refractivity contribution in [3.8, 4) is 11.5 Å². The molecule has 2 rings (SSSR count). The SMILES string of the molecule is CCCc1cc(NC)nc(-c2cscn2)n1. The van der Waals surface area contributed by atoms with Gasteiger partial charge in [0.15, 0.2) is 5.82 Å². The zero-order valence-corrected chi connectivity index (χ0v) is 10.2. The molecule has 0 saturated carbocycles. The van der Waals surface area contributed by atoms with E-state index in [1.807, 2.05) is 18.5 Å². The van der Waals surface area contributed by atoms with Crippen LogP contribution in [0.25, 0.3) is 11.5 Å². The Labute approximate surface area is 98.8 Å². The lowest BCUT2D eigenvalue weighted by Crippen LogP contribution is -2.00. The van der Waals surface area contributed by atoms with Crippen molar-refractivity contribution in [1.29, 1.82) is 0 Å². The highest BCUT2D eigenvalue weighted by atomic mass is 32.1. The molecule has 0 spiro atoms. The minimum atomic E-state index is 0.705. The molecule has 2 aromatic rings. The van der Waals surface area contributed by atoms with Crippen LogP contribution in [0.15, 0.2) is 17.0 Å². The van der Waals surface area contributed by atoms with Crippen LogP contribution in [0.1, 0.15) is 19.0 Å². The predicted octanol–water partition coefficient (Wildman–Crippen LogP) is 2.59. The summed E-state index contributed by atoms with van der Waals surface area (Å²) in [6, 6.07) is 1.99. The average molecular weight is 234 g/mol. The third-order valence-electron chi connectivity index (χ3n) is 2.20. The van der Waals surface area contributed by atoms with Crippen molar-refractivity contribution in [2.75, 3.05) is 12.4 Å². The number of hydrogen-bond acceptors (Lipinski definition) is 5. The van der Waals surface area contributed by atoms with Crippen LogP contribution in [0, 0.1) is 0 Å². The second-order valence-electron chi connectivity index (χ2n) is 3.44. The van der Waals surface area contributed by atoms with Crippen LogP contribution in [-0.4, -0.2) is 22.0 Å². The highest BCUT2D eigenvalue weighted by Crippen LogP contribution is 2.18. The van der Waals surface area contributed by atoms with Gasteiger partial charge in [-0.05, 0) is 6.42 Å². The van der Waals surface area contributed by atoms with Crippen LogP contribution in [0.3, 0.4) is 0 Å². The summed E-state index contributed by atoms with van der Waals surface area (Å²) >= 11 is 1.56. The summed E-state index contributed by atoms with van der Waals surface area (Å²) in [6.45, 7) is 2.14. The number of nitrogens with zero attached hydrogens (tertiary/aromatic N) is 3. The van der Waals surface area contributed by atoms with E-state index < -0.39 is 0 Å². The van der Waals surface area contributed by atoms with Crippen LogP contribution in [0.2, 0.25) is 0 Å². The quantitative estimate of drug-likeness (QED) is 0.883. The van der Waals surface area contributed by atoms with Crippen molar-refractivity contribution in [2.24, 2.45) is 0 Å². The topological polar surface area (TPSA) is 50.7 Å². The Bertz CT molecular complexity index is 453. The fraction of sp³-hybridized carbons (Fsp3) is 0.364. The Hall–Kier alpha value is -1.49. The number of aromatic nitrogens is 3. The van der Waals surface area contributed by atoms with Crippen LogP contribution in [0.5, 0.6) is 0 Å². The third kappa shape index (κ3) is 2.36. The molecule has 0 atom stereocenters. The molecule has 1 N–H and O–H groups in total. The van der Waals surface area contributed by atoms with Gasteiger partial charge in [0.1, 0.15) is 11.5 Å². The Morgan fingerprint density at radius 3 is 2.88 bits per heavy atom. The summed E-state index contributed by atoms with van der Waals surface area (Å²) in [7, 11) is 1.86. The third-order valence-corrected chi connectivity index (χ3v) is 2.79. The van der Waals surface area contributed by atoms with E-state index in [-0.39, 0.29) is 0 Å². The molecule has 0 aliphatic carbocycles. The Kier molecular flexibility index (Phi) is 3.46. The molecule has 0 amide bonds. The van der Waals surface area contributed by atoms with E-state index in [0.717, 1.165) is 30.0 Å². The summed E-state index contributed by atoms with van der Waals surface area (Å²) in [5.74, 6) is 1.55. The Morgan fingerprint density at radius 2 is 2.25 bits per heavy atom. The predicted molar refractivity (Wildman–Crippen MR) is 66.7 cm³/mol. The number of thiazole rings is 1. The van der Waals surface area contributed by atoms with E-state index in [4.69, 9.17) is 0 Å². The number of aryl methyl sites for hydroxylation is 1. The lowest BCUT2D eigenvalue weighted by Gasteiger charge is -2.05. The summed E-state index contributed by atoms with van der Waals surface area (Å²) in [5.41, 5.74) is 3.70. The molecule has 2 heterocycles. The van der Waals surface area contributed by atoms with E-state index in [1.54, 1.807) is 16.8 Å². The summed E-state index contributed by atoms with van der Waals surface area (Å²) in [6.07, 6.45) is 2.05. The van der Waals surface area contributed by atoms with Crippen LogP contribution in [0.4, 0.5) is 5.82 Å². The van der Waals surface area contributed by atoms with Gasteiger partial charge in [0.2, 0.25) is 0 Å². The molecule has 0 aromatic carbocycles. The zero-order chi connectivity index (χ0) is 11.4. The summed E-state index contributed by atoms with van der Waals surface area (Å²) in [5, 5.41) is 5.02. The summed E-state index contributed by atoms with van der Waals surface area (Å²) in [4.78, 5) is 13.1. The fourth-order valence-electron chi connectivity index (χ4n) is 1.45. The van der Waals surface area contributed by atoms with E-state index in [0.29, 0.717) is 5.82 Å². The van der Waals surface area contributed by atoms with Crippen molar-refractivity contribution in [3.05, 3.63) is 22.7 Å². The van der Waals surface area contributed by atoms with Gasteiger partial charge in [0, 0.05) is 24.2 Å². The Balaban J connectivity index is 2.41. The smallest absolute Gasteiger partial charge is 0.181 e. The Morgan fingerprint density at radius 1 is 1.38 bits per heavy atom. The second-order valence-corrected chi connectivity index (χ2v) is 4.16. The van der Waals surface area contributed by atoms with Crippen molar-refractivity contribution < 1.29 is 0 Å². The molecular weight excluding hydrogens is 220 g/mol. The highest BCUT2D eigenvalue weighted by molar-refractivity contribution is 7.07. The normalized spacial score (nSPS) is 10.4.